The Bertz CT molecular complexity index is 344. The molecule has 0 spiro atoms. The smallest absolute Gasteiger partial charge is 0.310 e. The van der Waals surface area contributed by atoms with E-state index in [1.165, 1.54) is 11.1 Å². The number of nitrogens with one attached hydrogen (secondary N) is 1. The maximum absolute atomic E-state index is 10.2. The van der Waals surface area contributed by atoms with Crippen LogP contribution in [0.5, 0.6) is 0 Å². The molecule has 1 unspecified atom stereocenters. The molecule has 1 amide bonds. The van der Waals surface area contributed by atoms with Crippen LogP contribution in [0.1, 0.15) is 17.2 Å². The molecule has 1 N–H and O–H groups in total. The lowest BCUT2D eigenvalue weighted by atomic mass is 9.93. The molecule has 2 heteroatoms. The van der Waals surface area contributed by atoms with Crippen molar-refractivity contribution in [3.63, 3.8) is 0 Å². The first-order valence-corrected chi connectivity index (χ1v) is 4.29. The summed E-state index contributed by atoms with van der Waals surface area (Å²) < 4.78 is 0. The van der Waals surface area contributed by atoms with Gasteiger partial charge in [-0.05, 0) is 17.5 Å². The Morgan fingerprint density at radius 3 is 3.08 bits per heavy atom. The van der Waals surface area contributed by atoms with E-state index in [1.54, 1.807) is 6.41 Å². The van der Waals surface area contributed by atoms with Gasteiger partial charge in [0.05, 0.1) is 6.04 Å². The first kappa shape index (κ1) is 8.05. The minimum Gasteiger partial charge on any atom is -0.338 e. The second kappa shape index (κ2) is 3.44. The van der Waals surface area contributed by atoms with Crippen molar-refractivity contribution >= 4 is 6.41 Å². The Balaban J connectivity index is 2.36. The van der Waals surface area contributed by atoms with Gasteiger partial charge in [0.25, 0.3) is 0 Å². The Kier molecular flexibility index (Phi) is 2.13. The van der Waals surface area contributed by atoms with Crippen LogP contribution in [0.25, 0.3) is 0 Å². The topological polar surface area (TPSA) is 29.1 Å². The standard InChI is InChI=1S/C11H10NO/c13-8-12-11-7-3-5-9-4-1-2-6-10(9)11/h1-4,6-7,11H,5H2,(H,12,13). The van der Waals surface area contributed by atoms with Crippen LogP contribution < -0.4 is 5.32 Å². The molecule has 0 saturated carbocycles. The van der Waals surface area contributed by atoms with Gasteiger partial charge < -0.3 is 5.32 Å². The summed E-state index contributed by atoms with van der Waals surface area (Å²) in [6.07, 6.45) is 6.74. The van der Waals surface area contributed by atoms with Crippen LogP contribution in [0, 0.1) is 0 Å². The van der Waals surface area contributed by atoms with Crippen LogP contribution >= 0.6 is 0 Å². The zero-order chi connectivity index (χ0) is 9.10. The molecule has 0 heterocycles. The van der Waals surface area contributed by atoms with Crippen molar-refractivity contribution in [1.82, 2.24) is 5.32 Å². The molecule has 0 aromatic heterocycles. The van der Waals surface area contributed by atoms with E-state index < -0.39 is 0 Å². The summed E-state index contributed by atoms with van der Waals surface area (Å²) in [5.74, 6) is 0. The van der Waals surface area contributed by atoms with E-state index in [9.17, 15) is 4.79 Å². The molecule has 2 nitrogen and oxygen atoms in total. The van der Waals surface area contributed by atoms with Crippen molar-refractivity contribution in [2.24, 2.45) is 0 Å². The maximum atomic E-state index is 10.2. The quantitative estimate of drug-likeness (QED) is 0.531. The fourth-order valence-electron chi connectivity index (χ4n) is 1.65. The molecule has 1 aliphatic carbocycles. The van der Waals surface area contributed by atoms with E-state index in [-0.39, 0.29) is 6.04 Å². The highest BCUT2D eigenvalue weighted by atomic mass is 16.1. The van der Waals surface area contributed by atoms with E-state index >= 15 is 0 Å². The fraction of sp³-hybridized carbons (Fsp3) is 0.182. The average Bonchev–Trinajstić information content (AvgIpc) is 2.19. The molecule has 2 rings (SSSR count). The zero-order valence-electron chi connectivity index (χ0n) is 7.16. The highest BCUT2D eigenvalue weighted by Gasteiger charge is 2.13. The van der Waals surface area contributed by atoms with Gasteiger partial charge in [0.15, 0.2) is 0 Å². The molecule has 1 aromatic carbocycles. The first-order chi connectivity index (χ1) is 6.42. The Morgan fingerprint density at radius 2 is 2.23 bits per heavy atom. The van der Waals surface area contributed by atoms with Crippen molar-refractivity contribution in [3.8, 4) is 0 Å². The summed E-state index contributed by atoms with van der Waals surface area (Å²) in [6.45, 7) is 0. The van der Waals surface area contributed by atoms with Crippen LogP contribution in [-0.2, 0) is 11.2 Å². The third kappa shape index (κ3) is 1.47. The number of fused-ring (bicyclic) bond motifs is 1. The molecule has 1 atom stereocenters. The monoisotopic (exact) mass is 172 g/mol. The first-order valence-electron chi connectivity index (χ1n) is 4.29. The number of allylic oxidation sites excluding steroid dienone is 1. The van der Waals surface area contributed by atoms with Crippen LogP contribution in [-0.4, -0.2) is 6.41 Å². The number of hydrogen-bond acceptors (Lipinski definition) is 1. The number of rotatable bonds is 2. The summed E-state index contributed by atoms with van der Waals surface area (Å²) in [6, 6.07) is 8.12. The van der Waals surface area contributed by atoms with E-state index in [1.807, 2.05) is 24.3 Å². The summed E-state index contributed by atoms with van der Waals surface area (Å²) in [7, 11) is 0. The van der Waals surface area contributed by atoms with Gasteiger partial charge in [-0.2, -0.15) is 0 Å². The third-order valence-electron chi connectivity index (χ3n) is 2.27. The van der Waals surface area contributed by atoms with E-state index in [2.05, 4.69) is 17.5 Å². The molecular weight excluding hydrogens is 162 g/mol. The molecule has 65 valence electrons. The molecule has 1 aliphatic rings. The second-order valence-corrected chi connectivity index (χ2v) is 3.06. The normalized spacial score (nSPS) is 19.2. The van der Waals surface area contributed by atoms with Crippen LogP contribution in [0.15, 0.2) is 36.4 Å². The molecule has 13 heavy (non-hydrogen) atoms. The third-order valence-corrected chi connectivity index (χ3v) is 2.27. The number of hydrogen-bond donors (Lipinski definition) is 1. The van der Waals surface area contributed by atoms with E-state index in [0.717, 1.165) is 6.42 Å². The maximum Gasteiger partial charge on any atom is 0.310 e. The number of carbonyl (C=O) groups excluding carboxylic acids is 1. The number of benzene rings is 1. The summed E-state index contributed by atoms with van der Waals surface area (Å²) in [5.41, 5.74) is 2.45. The molecule has 0 bridgehead atoms. The molecule has 1 radical (unpaired) electrons. The molecule has 1 aromatic rings. The minimum absolute atomic E-state index is 0.00227. The predicted octanol–water partition coefficient (Wildman–Crippen LogP) is 1.50. The Hall–Kier alpha value is -1.57. The van der Waals surface area contributed by atoms with Crippen molar-refractivity contribution in [3.05, 3.63) is 47.5 Å². The van der Waals surface area contributed by atoms with E-state index in [4.69, 9.17) is 0 Å². The van der Waals surface area contributed by atoms with Crippen LogP contribution in [0.4, 0.5) is 0 Å². The van der Waals surface area contributed by atoms with Crippen molar-refractivity contribution in [2.45, 2.75) is 12.5 Å². The van der Waals surface area contributed by atoms with Crippen LogP contribution in [0.3, 0.4) is 0 Å². The molecule has 0 saturated heterocycles. The van der Waals surface area contributed by atoms with Crippen LogP contribution in [0.2, 0.25) is 0 Å². The molecule has 0 aliphatic heterocycles. The molecular formula is C11H10NO. The lowest BCUT2D eigenvalue weighted by molar-refractivity contribution is 0.535. The SMILES string of the molecule is O=[C]NC1C=CCc2ccccc21. The van der Waals surface area contributed by atoms with Gasteiger partial charge in [0.1, 0.15) is 0 Å². The van der Waals surface area contributed by atoms with Gasteiger partial charge in [-0.3, -0.25) is 4.79 Å². The zero-order valence-corrected chi connectivity index (χ0v) is 7.16. The van der Waals surface area contributed by atoms with Gasteiger partial charge in [0.2, 0.25) is 0 Å². The van der Waals surface area contributed by atoms with Gasteiger partial charge >= 0.3 is 6.41 Å². The number of amides is 1. The Morgan fingerprint density at radius 1 is 1.38 bits per heavy atom. The molecule has 0 fully saturated rings. The lowest BCUT2D eigenvalue weighted by Crippen LogP contribution is -2.20. The van der Waals surface area contributed by atoms with Gasteiger partial charge in [-0.15, -0.1) is 0 Å². The largest absolute Gasteiger partial charge is 0.338 e. The highest BCUT2D eigenvalue weighted by molar-refractivity contribution is 5.51. The second-order valence-electron chi connectivity index (χ2n) is 3.06. The Labute approximate surface area is 77.3 Å². The van der Waals surface area contributed by atoms with Crippen molar-refractivity contribution in [2.75, 3.05) is 0 Å². The van der Waals surface area contributed by atoms with E-state index in [0.29, 0.717) is 0 Å². The predicted molar refractivity (Wildman–Crippen MR) is 50.9 cm³/mol. The highest BCUT2D eigenvalue weighted by Crippen LogP contribution is 2.23. The van der Waals surface area contributed by atoms with Crippen molar-refractivity contribution in [1.29, 1.82) is 0 Å². The summed E-state index contributed by atoms with van der Waals surface area (Å²) >= 11 is 0. The average molecular weight is 172 g/mol. The fourth-order valence-corrected chi connectivity index (χ4v) is 1.65. The lowest BCUT2D eigenvalue weighted by Gasteiger charge is -2.19. The summed E-state index contributed by atoms with van der Waals surface area (Å²) in [5, 5.41) is 2.65. The minimum atomic E-state index is 0.00227. The van der Waals surface area contributed by atoms with Gasteiger partial charge in [-0.1, -0.05) is 36.4 Å². The van der Waals surface area contributed by atoms with Crippen molar-refractivity contribution < 1.29 is 4.79 Å². The summed E-state index contributed by atoms with van der Waals surface area (Å²) in [4.78, 5) is 10.2. The van der Waals surface area contributed by atoms with Gasteiger partial charge in [-0.25, -0.2) is 0 Å². The van der Waals surface area contributed by atoms with Gasteiger partial charge in [0, 0.05) is 0 Å².